The van der Waals surface area contributed by atoms with Gasteiger partial charge in [0.25, 0.3) is 0 Å². The third-order valence-corrected chi connectivity index (χ3v) is 3.42. The number of aromatic nitrogens is 3. The molecule has 11 heteroatoms. The number of phenolic OH excluding ortho intramolecular Hbond substituents is 1. The molecule has 0 spiro atoms. The Kier molecular flexibility index (Phi) is 4.52. The Morgan fingerprint density at radius 2 is 2.08 bits per heavy atom. The van der Waals surface area contributed by atoms with Crippen LogP contribution in [-0.4, -0.2) is 27.3 Å². The van der Waals surface area contributed by atoms with Crippen LogP contribution in [0, 0.1) is 6.92 Å². The Morgan fingerprint density at radius 1 is 1.21 bits per heavy atom. The molecule has 2 N–H and O–H groups in total. The molecule has 0 aliphatic carbocycles. The molecule has 3 aromatic rings. The minimum atomic E-state index is -0.0382. The van der Waals surface area contributed by atoms with E-state index in [2.05, 4.69) is 40.9 Å². The first-order valence-corrected chi connectivity index (χ1v) is 7.61. The first-order chi connectivity index (χ1) is 11.7. The van der Waals surface area contributed by atoms with Crippen LogP contribution >= 0.6 is 11.3 Å². The van der Waals surface area contributed by atoms with Crippen molar-refractivity contribution in [2.45, 2.75) is 6.92 Å². The van der Waals surface area contributed by atoms with Crippen molar-refractivity contribution in [3.05, 3.63) is 29.5 Å². The second kappa shape index (κ2) is 6.91. The second-order valence-corrected chi connectivity index (χ2v) is 5.32. The Morgan fingerprint density at radius 3 is 2.75 bits per heavy atom. The van der Waals surface area contributed by atoms with Crippen LogP contribution in [0.4, 0.5) is 28.2 Å². The van der Waals surface area contributed by atoms with Gasteiger partial charge in [-0.1, -0.05) is 10.3 Å². The van der Waals surface area contributed by atoms with Crippen molar-refractivity contribution in [2.24, 2.45) is 20.5 Å². The first-order valence-electron chi connectivity index (χ1n) is 6.74. The molecule has 1 aromatic carbocycles. The number of aryl methyl sites for hydroxylation is 1. The highest BCUT2D eigenvalue weighted by molar-refractivity contribution is 7.13. The third-order valence-electron chi connectivity index (χ3n) is 2.76. The summed E-state index contributed by atoms with van der Waals surface area (Å²) >= 11 is 1.35. The highest BCUT2D eigenvalue weighted by atomic mass is 32.1. The molecule has 0 saturated carbocycles. The first kappa shape index (κ1) is 15.7. The lowest BCUT2D eigenvalue weighted by Crippen LogP contribution is -1.88. The summed E-state index contributed by atoms with van der Waals surface area (Å²) in [5, 5.41) is 34.8. The normalized spacial score (nSPS) is 11.6. The summed E-state index contributed by atoms with van der Waals surface area (Å²) in [5.41, 5.74) is 1.17. The van der Waals surface area contributed by atoms with Gasteiger partial charge in [-0.2, -0.15) is 4.98 Å². The molecule has 0 radical (unpaired) electrons. The number of nitrogens with zero attached hydrogens (tertiary/aromatic N) is 7. The molecule has 24 heavy (non-hydrogen) atoms. The van der Waals surface area contributed by atoms with Crippen LogP contribution in [0.15, 0.2) is 48.7 Å². The average Bonchev–Trinajstić information content (AvgIpc) is 3.22. The number of thiazole rings is 1. The molecule has 2 heterocycles. The Hall–Kier alpha value is -3.21. The minimum Gasteiger partial charge on any atom is -0.506 e. The average molecular weight is 344 g/mol. The van der Waals surface area contributed by atoms with Gasteiger partial charge in [0.05, 0.1) is 5.69 Å². The van der Waals surface area contributed by atoms with Crippen molar-refractivity contribution in [3.63, 3.8) is 0 Å². The second-order valence-electron chi connectivity index (χ2n) is 4.45. The molecule has 122 valence electrons. The smallest absolute Gasteiger partial charge is 0.366 e. The zero-order valence-corrected chi connectivity index (χ0v) is 13.5. The van der Waals surface area contributed by atoms with Crippen molar-refractivity contribution in [1.82, 2.24) is 15.1 Å². The molecule has 0 aliphatic heterocycles. The third kappa shape index (κ3) is 3.57. The molecule has 3 rings (SSSR count). The van der Waals surface area contributed by atoms with E-state index in [1.54, 1.807) is 31.6 Å². The molecule has 2 aromatic heterocycles. The van der Waals surface area contributed by atoms with Crippen LogP contribution in [0.25, 0.3) is 0 Å². The van der Waals surface area contributed by atoms with Gasteiger partial charge in [-0.15, -0.1) is 26.7 Å². The van der Waals surface area contributed by atoms with Crippen LogP contribution < -0.4 is 5.32 Å². The van der Waals surface area contributed by atoms with E-state index in [9.17, 15) is 5.11 Å². The SMILES string of the molecule is CNc1c(O)cc(/N=N/c2nc(C)no2)cc1/N=N/c1nccs1. The number of nitrogens with one attached hydrogen (secondary N) is 1. The van der Waals surface area contributed by atoms with Crippen LogP contribution in [0.2, 0.25) is 0 Å². The van der Waals surface area contributed by atoms with Gasteiger partial charge in [0.15, 0.2) is 5.82 Å². The number of rotatable bonds is 5. The number of hydrogen-bond donors (Lipinski definition) is 2. The van der Waals surface area contributed by atoms with Crippen molar-refractivity contribution in [3.8, 4) is 5.75 Å². The zero-order valence-electron chi connectivity index (χ0n) is 12.7. The molecular formula is C13H12N8O2S. The maximum absolute atomic E-state index is 10.1. The predicted octanol–water partition coefficient (Wildman–Crippen LogP) is 4.41. The summed E-state index contributed by atoms with van der Waals surface area (Å²) in [6.45, 7) is 1.67. The molecule has 0 atom stereocenters. The summed E-state index contributed by atoms with van der Waals surface area (Å²) in [5.74, 6) is 0.416. The van der Waals surface area contributed by atoms with Crippen molar-refractivity contribution in [2.75, 3.05) is 12.4 Å². The van der Waals surface area contributed by atoms with E-state index in [4.69, 9.17) is 4.52 Å². The number of azo groups is 2. The summed E-state index contributed by atoms with van der Waals surface area (Å²) in [7, 11) is 1.67. The fourth-order valence-electron chi connectivity index (χ4n) is 1.78. The molecular weight excluding hydrogens is 332 g/mol. The predicted molar refractivity (Wildman–Crippen MR) is 87.2 cm³/mol. The van der Waals surface area contributed by atoms with Gasteiger partial charge in [0.1, 0.15) is 17.1 Å². The lowest BCUT2D eigenvalue weighted by molar-refractivity contribution is 0.421. The van der Waals surface area contributed by atoms with Gasteiger partial charge in [-0.05, 0) is 13.0 Å². The molecule has 10 nitrogen and oxygen atoms in total. The summed E-state index contributed by atoms with van der Waals surface area (Å²) in [6, 6.07) is 3.06. The molecule has 0 saturated heterocycles. The maximum Gasteiger partial charge on any atom is 0.366 e. The Bertz CT molecular complexity index is 888. The lowest BCUT2D eigenvalue weighted by Gasteiger charge is -2.07. The fraction of sp³-hybridized carbons (Fsp3) is 0.154. The van der Waals surface area contributed by atoms with Crippen LogP contribution in [0.1, 0.15) is 5.82 Å². The largest absolute Gasteiger partial charge is 0.506 e. The van der Waals surface area contributed by atoms with E-state index in [0.29, 0.717) is 28.0 Å². The standard InChI is InChI=1S/C13H12N8O2S/c1-7-16-12(23-21-7)19-17-8-5-9(11(14-2)10(22)6-8)18-20-13-15-3-4-24-13/h3-6,14,22H,1-2H3/b19-17+,20-18+. The summed E-state index contributed by atoms with van der Waals surface area (Å²) in [4.78, 5) is 7.93. The Labute approximate surface area is 140 Å². The lowest BCUT2D eigenvalue weighted by atomic mass is 10.2. The molecule has 0 fully saturated rings. The fourth-order valence-corrected chi connectivity index (χ4v) is 2.23. The van der Waals surface area contributed by atoms with Crippen LogP contribution in [0.5, 0.6) is 5.75 Å². The van der Waals surface area contributed by atoms with Crippen molar-refractivity contribution >= 4 is 39.5 Å². The van der Waals surface area contributed by atoms with Gasteiger partial charge in [-0.3, -0.25) is 0 Å². The topological polar surface area (TPSA) is 134 Å². The van der Waals surface area contributed by atoms with Gasteiger partial charge >= 0.3 is 6.01 Å². The van der Waals surface area contributed by atoms with E-state index >= 15 is 0 Å². The van der Waals surface area contributed by atoms with E-state index in [0.717, 1.165) is 0 Å². The monoisotopic (exact) mass is 344 g/mol. The highest BCUT2D eigenvalue weighted by Crippen LogP contribution is 2.39. The van der Waals surface area contributed by atoms with Crippen LogP contribution in [0.3, 0.4) is 0 Å². The van der Waals surface area contributed by atoms with E-state index in [-0.39, 0.29) is 11.8 Å². The molecule has 0 bridgehead atoms. The van der Waals surface area contributed by atoms with E-state index < -0.39 is 0 Å². The number of anilines is 1. The van der Waals surface area contributed by atoms with Gasteiger partial charge in [0, 0.05) is 24.7 Å². The molecule has 0 unspecified atom stereocenters. The van der Waals surface area contributed by atoms with Gasteiger partial charge in [0.2, 0.25) is 5.13 Å². The van der Waals surface area contributed by atoms with Crippen molar-refractivity contribution < 1.29 is 9.63 Å². The summed E-state index contributed by atoms with van der Waals surface area (Å²) < 4.78 is 4.84. The van der Waals surface area contributed by atoms with E-state index in [1.807, 2.05) is 0 Å². The zero-order chi connectivity index (χ0) is 16.9. The number of phenols is 1. The maximum atomic E-state index is 10.1. The molecule has 0 aliphatic rings. The van der Waals surface area contributed by atoms with E-state index in [1.165, 1.54) is 17.4 Å². The number of benzene rings is 1. The van der Waals surface area contributed by atoms with Crippen LogP contribution in [-0.2, 0) is 0 Å². The quantitative estimate of drug-likeness (QED) is 0.520. The number of aromatic hydroxyl groups is 1. The Balaban J connectivity index is 1.92. The number of hydrogen-bond acceptors (Lipinski definition) is 11. The highest BCUT2D eigenvalue weighted by Gasteiger charge is 2.10. The van der Waals surface area contributed by atoms with Crippen molar-refractivity contribution in [1.29, 1.82) is 0 Å². The van der Waals surface area contributed by atoms with Gasteiger partial charge < -0.3 is 14.9 Å². The van der Waals surface area contributed by atoms with Gasteiger partial charge in [-0.25, -0.2) is 4.98 Å². The minimum absolute atomic E-state index is 0.0237. The summed E-state index contributed by atoms with van der Waals surface area (Å²) in [6.07, 6.45) is 1.63. The molecule has 0 amide bonds.